The van der Waals surface area contributed by atoms with Crippen LogP contribution in [0.4, 0.5) is 0 Å². The van der Waals surface area contributed by atoms with Gasteiger partial charge in [-0.15, -0.1) is 24.8 Å². The van der Waals surface area contributed by atoms with Crippen molar-refractivity contribution in [2.75, 3.05) is 0 Å². The molecule has 0 amide bonds. The third-order valence-electron chi connectivity index (χ3n) is 10.2. The van der Waals surface area contributed by atoms with E-state index < -0.39 is 15.4 Å². The minimum absolute atomic E-state index is 0. The van der Waals surface area contributed by atoms with Crippen molar-refractivity contribution in [3.05, 3.63) is 188 Å². The summed E-state index contributed by atoms with van der Waals surface area (Å²) in [6.45, 7) is 0. The van der Waals surface area contributed by atoms with E-state index >= 15 is 0 Å². The molecule has 4 heteroatoms. The molecule has 0 radical (unpaired) electrons. The summed E-state index contributed by atoms with van der Waals surface area (Å²) in [5, 5.41) is 5.27. The van der Waals surface area contributed by atoms with E-state index in [0.29, 0.717) is 0 Å². The van der Waals surface area contributed by atoms with Crippen LogP contribution in [-0.4, -0.2) is 12.2 Å². The molecule has 2 aliphatic carbocycles. The predicted molar refractivity (Wildman–Crippen MR) is 204 cm³/mol. The quantitative estimate of drug-likeness (QED) is 0.147. The second kappa shape index (κ2) is 13.1. The number of hydrogen-bond donors (Lipinski definition) is 0. The van der Waals surface area contributed by atoms with E-state index in [1.54, 1.807) is 13.3 Å². The van der Waals surface area contributed by atoms with Crippen LogP contribution < -0.4 is 6.64 Å². The van der Waals surface area contributed by atoms with Crippen molar-refractivity contribution < 1.29 is 15.4 Å². The van der Waals surface area contributed by atoms with Crippen molar-refractivity contribution in [2.45, 2.75) is 12.8 Å². The van der Waals surface area contributed by atoms with Gasteiger partial charge in [-0.1, -0.05) is 0 Å². The molecule has 6 aromatic carbocycles. The number of allylic oxidation sites excluding steroid dienone is 8. The summed E-state index contributed by atoms with van der Waals surface area (Å²) in [5.74, 6) is 0. The van der Waals surface area contributed by atoms with E-state index in [2.05, 4.69) is 170 Å². The Hall–Kier alpha value is -3.21. The topological polar surface area (TPSA) is 0 Å². The van der Waals surface area contributed by atoms with E-state index in [0.717, 1.165) is 12.8 Å². The predicted octanol–water partition coefficient (Wildman–Crippen LogP) is 9.77. The van der Waals surface area contributed by atoms with E-state index in [1.807, 2.05) is 0 Å². The molecule has 0 spiro atoms. The first kappa shape index (κ1) is 32.7. The molecule has 0 nitrogen and oxygen atoms in total. The van der Waals surface area contributed by atoms with Crippen LogP contribution in [0.3, 0.4) is 0 Å². The Balaban J connectivity index is 0.00000186. The van der Waals surface area contributed by atoms with Crippen molar-refractivity contribution >= 4 is 76.4 Å². The van der Waals surface area contributed by atoms with Gasteiger partial charge in [-0.05, 0) is 0 Å². The van der Waals surface area contributed by atoms with Gasteiger partial charge in [0.25, 0.3) is 0 Å². The number of halogens is 2. The Morgan fingerprint density at radius 2 is 0.783 bits per heavy atom. The van der Waals surface area contributed by atoms with Gasteiger partial charge in [-0.2, -0.15) is 0 Å². The van der Waals surface area contributed by atoms with Crippen molar-refractivity contribution in [1.29, 1.82) is 0 Å². The zero-order valence-corrected chi connectivity index (χ0v) is 33.8. The summed E-state index contributed by atoms with van der Waals surface area (Å²) in [7, 11) is 0. The third kappa shape index (κ3) is 5.08. The van der Waals surface area contributed by atoms with Crippen molar-refractivity contribution in [3.63, 3.8) is 0 Å². The van der Waals surface area contributed by atoms with Crippen LogP contribution in [0.5, 0.6) is 0 Å². The van der Waals surface area contributed by atoms with Crippen LogP contribution in [0.1, 0.15) is 24.0 Å². The molecule has 226 valence electrons. The van der Waals surface area contributed by atoms with Crippen LogP contribution in [0.25, 0.3) is 32.7 Å². The molecule has 0 saturated heterocycles. The maximum atomic E-state index is 2.62. The standard InChI is InChI=1S/2C15H11.2C6H5.2ClH.GeH2.Hf/c2*1-2-7-12(6-1)15-11-5-9-13-8-3-4-10-14(13)15;2*1-2-4-6-5-3-1;;;;/h2*3-11H,1H2;2*1-5H;2*1H;1H2;. The zero-order chi connectivity index (χ0) is 29.6. The summed E-state index contributed by atoms with van der Waals surface area (Å²) in [5.41, 5.74) is 5.45. The first-order valence-electron chi connectivity index (χ1n) is 15.6. The fourth-order valence-corrected chi connectivity index (χ4v) is 46.5. The molecule has 0 heterocycles. The molecule has 6 aromatic rings. The molecule has 0 atom stereocenters. The summed E-state index contributed by atoms with van der Waals surface area (Å²) in [6, 6.07) is 54.4. The van der Waals surface area contributed by atoms with Crippen LogP contribution in [0.2, 0.25) is 0 Å². The second-order valence-electron chi connectivity index (χ2n) is 12.3. The number of hydrogen-bond acceptors (Lipinski definition) is 0. The molecule has 0 saturated carbocycles. The maximum absolute atomic E-state index is 4.43. The Morgan fingerprint density at radius 1 is 0.413 bits per heavy atom. The van der Waals surface area contributed by atoms with Crippen molar-refractivity contribution in [1.82, 2.24) is 0 Å². The molecule has 0 unspecified atom stereocenters. The van der Waals surface area contributed by atoms with E-state index in [-0.39, 0.29) is 24.8 Å². The van der Waals surface area contributed by atoms with Gasteiger partial charge >= 0.3 is 267 Å². The van der Waals surface area contributed by atoms with Gasteiger partial charge in [0.15, 0.2) is 0 Å². The van der Waals surface area contributed by atoms with E-state index in [4.69, 9.17) is 0 Å². The van der Waals surface area contributed by atoms with Gasteiger partial charge < -0.3 is 0 Å². The Bertz CT molecular complexity index is 2100. The van der Waals surface area contributed by atoms with Crippen LogP contribution in [0.15, 0.2) is 177 Å². The molecule has 46 heavy (non-hydrogen) atoms. The van der Waals surface area contributed by atoms with Crippen LogP contribution in [0, 0.1) is 0 Å². The molecule has 0 N–H and O–H groups in total. The monoisotopic (exact) mass is 864 g/mol. The molecule has 0 aromatic heterocycles. The van der Waals surface area contributed by atoms with Gasteiger partial charge in [0.05, 0.1) is 0 Å². The molecule has 2 aliphatic rings. The Kier molecular flexibility index (Phi) is 9.34. The normalized spacial score (nSPS) is 14.5. The van der Waals surface area contributed by atoms with Gasteiger partial charge in [0.1, 0.15) is 0 Å². The molecular formula is C42H36Cl2GeHf. The van der Waals surface area contributed by atoms with Crippen LogP contribution in [-0.2, 0) is 15.4 Å². The average Bonchev–Trinajstić information content (AvgIpc) is 3.81. The SMILES string of the molecule is Cl.Cl.[GeH2]=[Hf]([C]1=CC(c2cccc3ccccc23)=CC1)([C]1=CC(c2cccc3ccccc23)=CC1)([c]1ccccc1)[c]1ccccc1. The molecule has 0 fully saturated rings. The molecule has 8 rings (SSSR count). The first-order chi connectivity index (χ1) is 21.6. The summed E-state index contributed by atoms with van der Waals surface area (Å²) in [4.78, 5) is 0. The van der Waals surface area contributed by atoms with Gasteiger partial charge in [0.2, 0.25) is 0 Å². The van der Waals surface area contributed by atoms with Gasteiger partial charge in [-0.25, -0.2) is 0 Å². The fourth-order valence-electron chi connectivity index (χ4n) is 7.88. The Labute approximate surface area is 289 Å². The third-order valence-corrected chi connectivity index (χ3v) is 64.0. The first-order valence-corrected chi connectivity index (χ1v) is 37.4. The number of fused-ring (bicyclic) bond motifs is 2. The molecule has 0 aliphatic heterocycles. The number of rotatable bonds is 6. The summed E-state index contributed by atoms with van der Waals surface area (Å²) >= 11 is -3.17. The summed E-state index contributed by atoms with van der Waals surface area (Å²) in [6.07, 6.45) is 12.3. The van der Waals surface area contributed by atoms with Gasteiger partial charge in [0, 0.05) is 0 Å². The van der Waals surface area contributed by atoms with Crippen LogP contribution >= 0.6 is 24.8 Å². The van der Waals surface area contributed by atoms with Crippen molar-refractivity contribution in [2.24, 2.45) is 0 Å². The molecular weight excluding hydrogens is 826 g/mol. The van der Waals surface area contributed by atoms with Gasteiger partial charge in [-0.3, -0.25) is 0 Å². The van der Waals surface area contributed by atoms with E-state index in [9.17, 15) is 0 Å². The molecule has 0 bridgehead atoms. The average molecular weight is 863 g/mol. The summed E-state index contributed by atoms with van der Waals surface area (Å²) < 4.78 is 6.52. The fraction of sp³-hybridized carbons (Fsp3) is 0.0476. The number of benzene rings is 6. The van der Waals surface area contributed by atoms with Crippen molar-refractivity contribution in [3.8, 4) is 0 Å². The Morgan fingerprint density at radius 3 is 1.22 bits per heavy atom. The zero-order valence-electron chi connectivity index (χ0n) is 25.6. The minimum atomic E-state index is -4.43. The second-order valence-corrected chi connectivity index (χ2v) is 55.8. The van der Waals surface area contributed by atoms with E-state index in [1.165, 1.54) is 56.0 Å².